The molecule has 94 valence electrons. The first kappa shape index (κ1) is 11.3. The summed E-state index contributed by atoms with van der Waals surface area (Å²) >= 11 is 5.69. The molecule has 0 radical (unpaired) electrons. The van der Waals surface area contributed by atoms with Gasteiger partial charge in [0.05, 0.1) is 22.9 Å². The van der Waals surface area contributed by atoms with Crippen LogP contribution in [-0.2, 0) is 13.1 Å². The quantitative estimate of drug-likeness (QED) is 0.799. The fourth-order valence-electron chi connectivity index (χ4n) is 2.10. The Labute approximate surface area is 108 Å². The average Bonchev–Trinajstić information content (AvgIpc) is 2.80. The van der Waals surface area contributed by atoms with E-state index in [-0.39, 0.29) is 5.02 Å². The molecule has 1 aliphatic heterocycles. The first-order valence-corrected chi connectivity index (χ1v) is 5.89. The number of aromatic nitrogens is 3. The van der Waals surface area contributed by atoms with E-state index < -0.39 is 5.82 Å². The van der Waals surface area contributed by atoms with Crippen LogP contribution in [0, 0.1) is 5.82 Å². The van der Waals surface area contributed by atoms with Crippen molar-refractivity contribution < 1.29 is 4.39 Å². The molecule has 5 nitrogen and oxygen atoms in total. The average molecular weight is 268 g/mol. The number of hydrogen-bond acceptors (Lipinski definition) is 4. The second-order valence-corrected chi connectivity index (χ2v) is 4.59. The van der Waals surface area contributed by atoms with Gasteiger partial charge >= 0.3 is 0 Å². The third-order valence-electron chi connectivity index (χ3n) is 3.05. The largest absolute Gasteiger partial charge is 0.397 e. The van der Waals surface area contributed by atoms with Gasteiger partial charge < -0.3 is 15.2 Å². The third kappa shape index (κ3) is 1.78. The lowest BCUT2D eigenvalue weighted by atomic mass is 10.2. The molecule has 0 bridgehead atoms. The minimum Gasteiger partial charge on any atom is -0.397 e. The van der Waals surface area contributed by atoms with Gasteiger partial charge in [-0.25, -0.2) is 4.39 Å². The lowest BCUT2D eigenvalue weighted by Gasteiger charge is -2.30. The summed E-state index contributed by atoms with van der Waals surface area (Å²) in [5.41, 5.74) is 6.99. The van der Waals surface area contributed by atoms with Crippen molar-refractivity contribution in [1.29, 1.82) is 0 Å². The highest BCUT2D eigenvalue weighted by atomic mass is 35.5. The molecule has 1 aliphatic rings. The van der Waals surface area contributed by atoms with E-state index in [0.29, 0.717) is 17.9 Å². The maximum atomic E-state index is 13.5. The Morgan fingerprint density at radius 1 is 1.33 bits per heavy atom. The maximum absolute atomic E-state index is 13.5. The van der Waals surface area contributed by atoms with Gasteiger partial charge in [0.1, 0.15) is 12.1 Å². The van der Waals surface area contributed by atoms with Gasteiger partial charge in [-0.15, -0.1) is 10.2 Å². The SMILES string of the molecule is Nc1cc(Cl)c(F)cc1N1CCn2cnnc2C1. The highest BCUT2D eigenvalue weighted by molar-refractivity contribution is 6.31. The molecule has 2 heterocycles. The van der Waals surface area contributed by atoms with Crippen LogP contribution in [0.4, 0.5) is 15.8 Å². The summed E-state index contributed by atoms with van der Waals surface area (Å²) in [7, 11) is 0. The minimum atomic E-state index is -0.465. The number of rotatable bonds is 1. The number of anilines is 2. The highest BCUT2D eigenvalue weighted by Gasteiger charge is 2.20. The molecule has 0 amide bonds. The van der Waals surface area contributed by atoms with Crippen LogP contribution in [0.2, 0.25) is 5.02 Å². The molecular formula is C11H11ClFN5. The van der Waals surface area contributed by atoms with Crippen LogP contribution in [0.3, 0.4) is 0 Å². The van der Waals surface area contributed by atoms with E-state index in [1.54, 1.807) is 6.33 Å². The Morgan fingerprint density at radius 3 is 3.00 bits per heavy atom. The maximum Gasteiger partial charge on any atom is 0.152 e. The summed E-state index contributed by atoms with van der Waals surface area (Å²) in [5.74, 6) is 0.379. The number of nitrogen functional groups attached to an aromatic ring is 1. The number of halogens is 2. The summed E-state index contributed by atoms with van der Waals surface area (Å²) in [6, 6.07) is 2.80. The lowest BCUT2D eigenvalue weighted by Crippen LogP contribution is -2.34. The Hall–Kier alpha value is -1.82. The van der Waals surface area contributed by atoms with Gasteiger partial charge in [-0.1, -0.05) is 11.6 Å². The van der Waals surface area contributed by atoms with Gasteiger partial charge in [0, 0.05) is 19.2 Å². The molecule has 0 fully saturated rings. The monoisotopic (exact) mass is 267 g/mol. The zero-order chi connectivity index (χ0) is 12.7. The molecule has 1 aromatic heterocycles. The van der Waals surface area contributed by atoms with Gasteiger partial charge in [-0.2, -0.15) is 0 Å². The molecule has 0 unspecified atom stereocenters. The van der Waals surface area contributed by atoms with Crippen LogP contribution in [0.25, 0.3) is 0 Å². The van der Waals surface area contributed by atoms with E-state index in [1.807, 2.05) is 9.47 Å². The number of hydrogen-bond donors (Lipinski definition) is 1. The molecule has 3 rings (SSSR count). The zero-order valence-electron chi connectivity index (χ0n) is 9.48. The Kier molecular flexibility index (Phi) is 2.59. The molecule has 2 N–H and O–H groups in total. The number of nitrogens with zero attached hydrogens (tertiary/aromatic N) is 4. The van der Waals surface area contributed by atoms with E-state index in [2.05, 4.69) is 10.2 Å². The van der Waals surface area contributed by atoms with Crippen molar-refractivity contribution in [3.8, 4) is 0 Å². The molecular weight excluding hydrogens is 257 g/mol. The number of nitrogens with two attached hydrogens (primary N) is 1. The molecule has 7 heteroatoms. The van der Waals surface area contributed by atoms with Crippen molar-refractivity contribution in [3.05, 3.63) is 35.1 Å². The molecule has 0 aliphatic carbocycles. The summed E-state index contributed by atoms with van der Waals surface area (Å²) < 4.78 is 15.5. The zero-order valence-corrected chi connectivity index (χ0v) is 10.2. The summed E-state index contributed by atoms with van der Waals surface area (Å²) in [6.07, 6.45) is 1.69. The van der Waals surface area contributed by atoms with Gasteiger partial charge in [0.15, 0.2) is 5.82 Å². The standard InChI is InChI=1S/C11H11ClFN5/c12-7-3-9(14)10(4-8(7)13)17-1-2-18-6-15-16-11(18)5-17/h3-4,6H,1-2,5,14H2. The van der Waals surface area contributed by atoms with E-state index in [4.69, 9.17) is 17.3 Å². The highest BCUT2D eigenvalue weighted by Crippen LogP contribution is 2.31. The van der Waals surface area contributed by atoms with E-state index in [0.717, 1.165) is 18.9 Å². The van der Waals surface area contributed by atoms with E-state index >= 15 is 0 Å². The number of benzene rings is 1. The smallest absolute Gasteiger partial charge is 0.152 e. The molecule has 0 saturated heterocycles. The van der Waals surface area contributed by atoms with Gasteiger partial charge in [0.25, 0.3) is 0 Å². The predicted octanol–water partition coefficient (Wildman–Crippen LogP) is 1.67. The van der Waals surface area contributed by atoms with Crippen LogP contribution in [0.5, 0.6) is 0 Å². The van der Waals surface area contributed by atoms with Crippen molar-refractivity contribution in [2.24, 2.45) is 0 Å². The molecule has 0 atom stereocenters. The van der Waals surface area contributed by atoms with E-state index in [1.165, 1.54) is 12.1 Å². The second kappa shape index (κ2) is 4.13. The second-order valence-electron chi connectivity index (χ2n) is 4.19. The van der Waals surface area contributed by atoms with Crippen LogP contribution in [0.1, 0.15) is 5.82 Å². The Balaban J connectivity index is 1.95. The van der Waals surface area contributed by atoms with Crippen molar-refractivity contribution in [2.75, 3.05) is 17.2 Å². The Morgan fingerprint density at radius 2 is 2.17 bits per heavy atom. The summed E-state index contributed by atoms with van der Waals surface area (Å²) in [4.78, 5) is 1.97. The van der Waals surface area contributed by atoms with Gasteiger partial charge in [-0.3, -0.25) is 0 Å². The predicted molar refractivity (Wildman–Crippen MR) is 66.9 cm³/mol. The van der Waals surface area contributed by atoms with Crippen LogP contribution in [0.15, 0.2) is 18.5 Å². The van der Waals surface area contributed by atoms with Crippen molar-refractivity contribution >= 4 is 23.0 Å². The van der Waals surface area contributed by atoms with Crippen molar-refractivity contribution in [2.45, 2.75) is 13.1 Å². The van der Waals surface area contributed by atoms with E-state index in [9.17, 15) is 4.39 Å². The summed E-state index contributed by atoms with van der Waals surface area (Å²) in [6.45, 7) is 2.05. The minimum absolute atomic E-state index is 0.0384. The molecule has 0 saturated carbocycles. The first-order chi connectivity index (χ1) is 8.65. The topological polar surface area (TPSA) is 60.0 Å². The van der Waals surface area contributed by atoms with Crippen LogP contribution < -0.4 is 10.6 Å². The lowest BCUT2D eigenvalue weighted by molar-refractivity contribution is 0.558. The first-order valence-electron chi connectivity index (χ1n) is 5.51. The van der Waals surface area contributed by atoms with Gasteiger partial charge in [0.2, 0.25) is 0 Å². The fourth-order valence-corrected chi connectivity index (χ4v) is 2.27. The normalized spacial score (nSPS) is 14.7. The van der Waals surface area contributed by atoms with Crippen LogP contribution >= 0.6 is 11.6 Å². The van der Waals surface area contributed by atoms with Gasteiger partial charge in [-0.05, 0) is 6.07 Å². The molecule has 0 spiro atoms. The van der Waals surface area contributed by atoms with Crippen molar-refractivity contribution in [1.82, 2.24) is 14.8 Å². The van der Waals surface area contributed by atoms with Crippen LogP contribution in [-0.4, -0.2) is 21.3 Å². The van der Waals surface area contributed by atoms with Crippen molar-refractivity contribution in [3.63, 3.8) is 0 Å². The molecule has 18 heavy (non-hydrogen) atoms. The molecule has 1 aromatic carbocycles. The summed E-state index contributed by atoms with van der Waals surface area (Å²) in [5, 5.41) is 7.90. The fraction of sp³-hybridized carbons (Fsp3) is 0.273. The Bertz CT molecular complexity index is 597. The molecule has 2 aromatic rings. The third-order valence-corrected chi connectivity index (χ3v) is 3.34. The number of fused-ring (bicyclic) bond motifs is 1.